The maximum Gasteiger partial charge on any atom is 0.163 e. The zero-order valence-corrected chi connectivity index (χ0v) is 10.2. The lowest BCUT2D eigenvalue weighted by atomic mass is 10.1. The van der Waals surface area contributed by atoms with Gasteiger partial charge in [0.2, 0.25) is 0 Å². The molecule has 0 amide bonds. The van der Waals surface area contributed by atoms with Crippen molar-refractivity contribution in [1.82, 2.24) is 5.32 Å². The molecule has 18 heavy (non-hydrogen) atoms. The molecule has 2 aliphatic rings. The van der Waals surface area contributed by atoms with Gasteiger partial charge in [-0.2, -0.15) is 0 Å². The van der Waals surface area contributed by atoms with Crippen LogP contribution < -0.4 is 5.32 Å². The fourth-order valence-corrected chi connectivity index (χ4v) is 2.65. The molecule has 2 atom stereocenters. The van der Waals surface area contributed by atoms with E-state index in [1.165, 1.54) is 12.8 Å². The molecule has 1 N–H and O–H groups in total. The summed E-state index contributed by atoms with van der Waals surface area (Å²) in [6, 6.07) is 4.58. The third-order valence-electron chi connectivity index (χ3n) is 3.81. The molecule has 0 spiro atoms. The third-order valence-corrected chi connectivity index (χ3v) is 3.81. The van der Waals surface area contributed by atoms with Crippen molar-refractivity contribution < 1.29 is 13.5 Å². The highest BCUT2D eigenvalue weighted by molar-refractivity contribution is 5.19. The highest BCUT2D eigenvalue weighted by Gasteiger charge is 2.40. The van der Waals surface area contributed by atoms with E-state index in [1.807, 2.05) is 0 Å². The number of rotatable bonds is 4. The topological polar surface area (TPSA) is 21.3 Å². The fourth-order valence-electron chi connectivity index (χ4n) is 2.65. The van der Waals surface area contributed by atoms with E-state index < -0.39 is 11.6 Å². The number of halogens is 2. The summed E-state index contributed by atoms with van der Waals surface area (Å²) in [7, 11) is 0. The molecule has 0 bridgehead atoms. The van der Waals surface area contributed by atoms with Crippen LogP contribution >= 0.6 is 0 Å². The van der Waals surface area contributed by atoms with Gasteiger partial charge in [-0.1, -0.05) is 12.1 Å². The van der Waals surface area contributed by atoms with Crippen LogP contribution in [0.3, 0.4) is 0 Å². The Morgan fingerprint density at radius 3 is 2.83 bits per heavy atom. The fraction of sp³-hybridized carbons (Fsp3) is 0.571. The van der Waals surface area contributed by atoms with Gasteiger partial charge in [0, 0.05) is 24.8 Å². The number of ether oxygens (including phenoxy) is 1. The third kappa shape index (κ3) is 2.40. The van der Waals surface area contributed by atoms with Gasteiger partial charge < -0.3 is 10.1 Å². The van der Waals surface area contributed by atoms with Gasteiger partial charge >= 0.3 is 0 Å². The minimum absolute atomic E-state index is 0.265. The second-order valence-corrected chi connectivity index (χ2v) is 5.16. The second kappa shape index (κ2) is 4.94. The van der Waals surface area contributed by atoms with Crippen LogP contribution in [0.15, 0.2) is 18.2 Å². The van der Waals surface area contributed by atoms with Crippen molar-refractivity contribution in [1.29, 1.82) is 0 Å². The lowest BCUT2D eigenvalue weighted by Crippen LogP contribution is -2.37. The monoisotopic (exact) mass is 253 g/mol. The Morgan fingerprint density at radius 1 is 1.22 bits per heavy atom. The van der Waals surface area contributed by atoms with Crippen LogP contribution in [0.25, 0.3) is 0 Å². The van der Waals surface area contributed by atoms with Gasteiger partial charge in [-0.25, -0.2) is 8.78 Å². The van der Waals surface area contributed by atoms with E-state index in [4.69, 9.17) is 4.74 Å². The first kappa shape index (κ1) is 12.1. The summed E-state index contributed by atoms with van der Waals surface area (Å²) in [6.45, 7) is 1.13. The van der Waals surface area contributed by atoms with Gasteiger partial charge in [-0.05, 0) is 31.2 Å². The summed E-state index contributed by atoms with van der Waals surface area (Å²) in [6.07, 6.45) is 3.69. The standard InChI is InChI=1S/C14H17F2NO/c15-11-3-1-2-10(13(11)16)8-17-12-6-7-18-14(12)9-4-5-9/h1-3,9,12,14,17H,4-8H2. The van der Waals surface area contributed by atoms with E-state index in [2.05, 4.69) is 5.32 Å². The van der Waals surface area contributed by atoms with Crippen LogP contribution in [0.2, 0.25) is 0 Å². The molecule has 2 unspecified atom stereocenters. The lowest BCUT2D eigenvalue weighted by molar-refractivity contribution is 0.0808. The van der Waals surface area contributed by atoms with Crippen molar-refractivity contribution in [2.24, 2.45) is 5.92 Å². The first-order valence-corrected chi connectivity index (χ1v) is 6.53. The highest BCUT2D eigenvalue weighted by atomic mass is 19.2. The van der Waals surface area contributed by atoms with Crippen molar-refractivity contribution in [3.63, 3.8) is 0 Å². The van der Waals surface area contributed by atoms with Crippen LogP contribution in [0.1, 0.15) is 24.8 Å². The largest absolute Gasteiger partial charge is 0.376 e. The van der Waals surface area contributed by atoms with Crippen molar-refractivity contribution in [3.8, 4) is 0 Å². The first-order valence-electron chi connectivity index (χ1n) is 6.53. The Labute approximate surface area is 105 Å². The Morgan fingerprint density at radius 2 is 2.06 bits per heavy atom. The smallest absolute Gasteiger partial charge is 0.163 e. The zero-order chi connectivity index (χ0) is 12.5. The van der Waals surface area contributed by atoms with E-state index in [1.54, 1.807) is 12.1 Å². The van der Waals surface area contributed by atoms with E-state index in [-0.39, 0.29) is 12.1 Å². The van der Waals surface area contributed by atoms with Gasteiger partial charge in [0.1, 0.15) is 0 Å². The average Bonchev–Trinajstić information content (AvgIpc) is 3.11. The summed E-state index contributed by atoms with van der Waals surface area (Å²) in [4.78, 5) is 0. The quantitative estimate of drug-likeness (QED) is 0.890. The molecule has 0 radical (unpaired) electrons. The molecule has 3 rings (SSSR count). The normalized spacial score (nSPS) is 27.7. The molecular weight excluding hydrogens is 236 g/mol. The predicted octanol–water partition coefficient (Wildman–Crippen LogP) is 2.62. The molecule has 1 saturated carbocycles. The second-order valence-electron chi connectivity index (χ2n) is 5.16. The summed E-state index contributed by atoms with van der Waals surface area (Å²) in [5, 5.41) is 3.31. The maximum absolute atomic E-state index is 13.5. The molecule has 1 aromatic carbocycles. The minimum Gasteiger partial charge on any atom is -0.376 e. The van der Waals surface area contributed by atoms with Gasteiger partial charge in [-0.3, -0.25) is 0 Å². The molecule has 2 fully saturated rings. The molecule has 1 heterocycles. The van der Waals surface area contributed by atoms with Gasteiger partial charge in [0.05, 0.1) is 6.10 Å². The zero-order valence-electron chi connectivity index (χ0n) is 10.2. The molecule has 98 valence electrons. The van der Waals surface area contributed by atoms with E-state index in [9.17, 15) is 8.78 Å². The SMILES string of the molecule is Fc1cccc(CNC2CCOC2C2CC2)c1F. The predicted molar refractivity (Wildman–Crippen MR) is 64.1 cm³/mol. The number of benzene rings is 1. The Balaban J connectivity index is 1.61. The van der Waals surface area contributed by atoms with Crippen molar-refractivity contribution in [3.05, 3.63) is 35.4 Å². The summed E-state index contributed by atoms with van der Waals surface area (Å²) in [5.41, 5.74) is 0.386. The number of hydrogen-bond acceptors (Lipinski definition) is 2. The van der Waals surface area contributed by atoms with Crippen molar-refractivity contribution in [2.45, 2.75) is 38.0 Å². The van der Waals surface area contributed by atoms with Crippen molar-refractivity contribution in [2.75, 3.05) is 6.61 Å². The molecule has 1 aliphatic carbocycles. The first-order chi connectivity index (χ1) is 8.75. The molecular formula is C14H17F2NO. The highest BCUT2D eigenvalue weighted by Crippen LogP contribution is 2.38. The Bertz CT molecular complexity index is 434. The summed E-state index contributed by atoms with van der Waals surface area (Å²) in [5.74, 6) is -0.857. The summed E-state index contributed by atoms with van der Waals surface area (Å²) >= 11 is 0. The van der Waals surface area contributed by atoms with E-state index in [0.717, 1.165) is 19.1 Å². The van der Waals surface area contributed by atoms with Crippen molar-refractivity contribution >= 4 is 0 Å². The number of nitrogens with one attached hydrogen (secondary N) is 1. The van der Waals surface area contributed by atoms with Crippen LogP contribution in [0, 0.1) is 17.6 Å². The van der Waals surface area contributed by atoms with E-state index in [0.29, 0.717) is 18.0 Å². The van der Waals surface area contributed by atoms with Gasteiger partial charge in [0.25, 0.3) is 0 Å². The van der Waals surface area contributed by atoms with Crippen LogP contribution in [-0.4, -0.2) is 18.8 Å². The molecule has 1 saturated heterocycles. The molecule has 1 aromatic rings. The minimum atomic E-state index is -0.782. The van der Waals surface area contributed by atoms with Crippen LogP contribution in [-0.2, 0) is 11.3 Å². The average molecular weight is 253 g/mol. The maximum atomic E-state index is 13.5. The Kier molecular flexibility index (Phi) is 3.31. The molecule has 2 nitrogen and oxygen atoms in total. The van der Waals surface area contributed by atoms with E-state index >= 15 is 0 Å². The van der Waals surface area contributed by atoms with Gasteiger partial charge in [0.15, 0.2) is 11.6 Å². The molecule has 1 aliphatic heterocycles. The van der Waals surface area contributed by atoms with Crippen LogP contribution in [0.5, 0.6) is 0 Å². The molecule has 4 heteroatoms. The van der Waals surface area contributed by atoms with Gasteiger partial charge in [-0.15, -0.1) is 0 Å². The summed E-state index contributed by atoms with van der Waals surface area (Å²) < 4.78 is 32.3. The number of hydrogen-bond donors (Lipinski definition) is 1. The van der Waals surface area contributed by atoms with Crippen LogP contribution in [0.4, 0.5) is 8.78 Å². The molecule has 0 aromatic heterocycles. The lowest BCUT2D eigenvalue weighted by Gasteiger charge is -2.19. The Hall–Kier alpha value is -1.00.